The van der Waals surface area contributed by atoms with Crippen LogP contribution in [0.1, 0.15) is 35.5 Å². The molecule has 1 aromatic heterocycles. The molecule has 1 aromatic carbocycles. The SMILES string of the molecule is COc1cc(C(=O)Nc2nc(CN3C[C@@H](C)O[C@H](C)C3)cs2)ccc1C. The third kappa shape index (κ3) is 4.60. The van der Waals surface area contributed by atoms with E-state index < -0.39 is 0 Å². The number of aryl methyl sites for hydroxylation is 1. The molecule has 0 unspecified atom stereocenters. The molecule has 0 bridgehead atoms. The van der Waals surface area contributed by atoms with E-state index in [9.17, 15) is 4.79 Å². The van der Waals surface area contributed by atoms with Crippen LogP contribution in [0.15, 0.2) is 23.6 Å². The van der Waals surface area contributed by atoms with Gasteiger partial charge in [-0.25, -0.2) is 4.98 Å². The van der Waals surface area contributed by atoms with Gasteiger partial charge in [-0.15, -0.1) is 11.3 Å². The largest absolute Gasteiger partial charge is 0.496 e. The predicted molar refractivity (Wildman–Crippen MR) is 103 cm³/mol. The lowest BCUT2D eigenvalue weighted by atomic mass is 10.1. The van der Waals surface area contributed by atoms with Gasteiger partial charge in [0, 0.05) is 30.6 Å². The number of methoxy groups -OCH3 is 1. The number of ether oxygens (including phenoxy) is 2. The summed E-state index contributed by atoms with van der Waals surface area (Å²) in [6.07, 6.45) is 0.459. The van der Waals surface area contributed by atoms with Crippen LogP contribution in [-0.2, 0) is 11.3 Å². The number of carbonyl (C=O) groups excluding carboxylic acids is 1. The first-order valence-corrected chi connectivity index (χ1v) is 9.60. The molecule has 1 N–H and O–H groups in total. The number of carbonyl (C=O) groups is 1. The van der Waals surface area contributed by atoms with Crippen LogP contribution in [0.5, 0.6) is 5.75 Å². The molecule has 3 rings (SSSR count). The van der Waals surface area contributed by atoms with Crippen molar-refractivity contribution in [2.45, 2.75) is 39.5 Å². The average Bonchev–Trinajstić information content (AvgIpc) is 3.01. The van der Waals surface area contributed by atoms with Crippen LogP contribution in [0.25, 0.3) is 0 Å². The summed E-state index contributed by atoms with van der Waals surface area (Å²) in [4.78, 5) is 19.3. The van der Waals surface area contributed by atoms with Gasteiger partial charge in [-0.3, -0.25) is 15.0 Å². The normalized spacial score (nSPS) is 20.8. The molecule has 1 fully saturated rings. The third-order valence-electron chi connectivity index (χ3n) is 4.32. The van der Waals surface area contributed by atoms with Crippen molar-refractivity contribution < 1.29 is 14.3 Å². The summed E-state index contributed by atoms with van der Waals surface area (Å²) in [6.45, 7) is 8.68. The highest BCUT2D eigenvalue weighted by Gasteiger charge is 2.22. The van der Waals surface area contributed by atoms with Crippen molar-refractivity contribution in [3.63, 3.8) is 0 Å². The predicted octanol–water partition coefficient (Wildman–Crippen LogP) is 3.32. The molecule has 1 aliphatic rings. The van der Waals surface area contributed by atoms with Gasteiger partial charge in [0.2, 0.25) is 0 Å². The molecule has 2 heterocycles. The Morgan fingerprint density at radius 1 is 1.38 bits per heavy atom. The smallest absolute Gasteiger partial charge is 0.257 e. The zero-order chi connectivity index (χ0) is 18.7. The Hall–Kier alpha value is -1.96. The van der Waals surface area contributed by atoms with E-state index in [1.54, 1.807) is 19.2 Å². The number of morpholine rings is 1. The second-order valence-corrected chi connectivity index (χ2v) is 7.59. The lowest BCUT2D eigenvalue weighted by molar-refractivity contribution is -0.0707. The third-order valence-corrected chi connectivity index (χ3v) is 5.13. The zero-order valence-electron chi connectivity index (χ0n) is 15.6. The summed E-state index contributed by atoms with van der Waals surface area (Å²) in [6, 6.07) is 5.41. The molecule has 6 nitrogen and oxygen atoms in total. The number of rotatable bonds is 5. The van der Waals surface area contributed by atoms with Crippen LogP contribution in [0.4, 0.5) is 5.13 Å². The van der Waals surface area contributed by atoms with E-state index in [1.807, 2.05) is 18.4 Å². The number of anilines is 1. The number of benzene rings is 1. The highest BCUT2D eigenvalue weighted by molar-refractivity contribution is 7.13. The first kappa shape index (κ1) is 18.8. The van der Waals surface area contributed by atoms with Gasteiger partial charge in [-0.05, 0) is 38.5 Å². The highest BCUT2D eigenvalue weighted by atomic mass is 32.1. The summed E-state index contributed by atoms with van der Waals surface area (Å²) in [5, 5.41) is 5.48. The summed E-state index contributed by atoms with van der Waals surface area (Å²) >= 11 is 1.44. The van der Waals surface area contributed by atoms with Gasteiger partial charge in [-0.2, -0.15) is 0 Å². The standard InChI is InChI=1S/C19H25N3O3S/c1-12-5-6-15(7-17(12)24-4)18(23)21-19-20-16(11-26-19)10-22-8-13(2)25-14(3)9-22/h5-7,11,13-14H,8-10H2,1-4H3,(H,20,21,23)/t13-,14-/m1/s1. The molecule has 0 radical (unpaired) electrons. The molecule has 140 valence electrons. The van der Waals surface area contributed by atoms with Crippen molar-refractivity contribution in [1.82, 2.24) is 9.88 Å². The first-order chi connectivity index (χ1) is 12.4. The maximum absolute atomic E-state index is 12.5. The van der Waals surface area contributed by atoms with Gasteiger partial charge in [0.05, 0.1) is 25.0 Å². The van der Waals surface area contributed by atoms with Crippen LogP contribution in [0.2, 0.25) is 0 Å². The van der Waals surface area contributed by atoms with E-state index in [0.717, 1.165) is 30.9 Å². The van der Waals surface area contributed by atoms with Crippen molar-refractivity contribution in [2.75, 3.05) is 25.5 Å². The van der Waals surface area contributed by atoms with Gasteiger partial charge in [0.15, 0.2) is 5.13 Å². The maximum atomic E-state index is 12.5. The van der Waals surface area contributed by atoms with Crippen LogP contribution in [0, 0.1) is 6.92 Å². The van der Waals surface area contributed by atoms with Gasteiger partial charge in [-0.1, -0.05) is 6.07 Å². The number of aromatic nitrogens is 1. The Morgan fingerprint density at radius 2 is 2.12 bits per heavy atom. The Balaban J connectivity index is 1.62. The topological polar surface area (TPSA) is 63.7 Å². The summed E-state index contributed by atoms with van der Waals surface area (Å²) < 4.78 is 11.0. The Labute approximate surface area is 158 Å². The van der Waals surface area contributed by atoms with Crippen molar-refractivity contribution in [1.29, 1.82) is 0 Å². The van der Waals surface area contributed by atoms with Crippen molar-refractivity contribution in [3.8, 4) is 5.75 Å². The molecule has 1 aliphatic heterocycles. The van der Waals surface area contributed by atoms with Crippen LogP contribution < -0.4 is 10.1 Å². The fraction of sp³-hybridized carbons (Fsp3) is 0.474. The molecule has 0 aliphatic carbocycles. The highest BCUT2D eigenvalue weighted by Crippen LogP contribution is 2.22. The van der Waals surface area contributed by atoms with Crippen molar-refractivity contribution in [2.24, 2.45) is 0 Å². The van der Waals surface area contributed by atoms with Crippen molar-refractivity contribution >= 4 is 22.4 Å². The fourth-order valence-electron chi connectivity index (χ4n) is 3.21. The Bertz CT molecular complexity index is 767. The molecular weight excluding hydrogens is 350 g/mol. The van der Waals surface area contributed by atoms with Crippen LogP contribution >= 0.6 is 11.3 Å². The van der Waals surface area contributed by atoms with Gasteiger partial charge < -0.3 is 9.47 Å². The molecule has 2 aromatic rings. The second-order valence-electron chi connectivity index (χ2n) is 6.73. The number of amides is 1. The van der Waals surface area contributed by atoms with E-state index in [-0.39, 0.29) is 18.1 Å². The van der Waals surface area contributed by atoms with E-state index in [4.69, 9.17) is 9.47 Å². The molecule has 2 atom stereocenters. The monoisotopic (exact) mass is 375 g/mol. The minimum atomic E-state index is -0.183. The van der Waals surface area contributed by atoms with Gasteiger partial charge in [0.1, 0.15) is 5.75 Å². The first-order valence-electron chi connectivity index (χ1n) is 8.73. The maximum Gasteiger partial charge on any atom is 0.257 e. The molecule has 7 heteroatoms. The van der Waals surface area contributed by atoms with Crippen molar-refractivity contribution in [3.05, 3.63) is 40.4 Å². The van der Waals surface area contributed by atoms with Crippen LogP contribution in [0.3, 0.4) is 0 Å². The van der Waals surface area contributed by atoms with E-state index in [1.165, 1.54) is 11.3 Å². The van der Waals surface area contributed by atoms with E-state index >= 15 is 0 Å². The molecule has 1 saturated heterocycles. The van der Waals surface area contributed by atoms with E-state index in [0.29, 0.717) is 16.4 Å². The molecule has 26 heavy (non-hydrogen) atoms. The van der Waals surface area contributed by atoms with Crippen LogP contribution in [-0.4, -0.2) is 48.2 Å². The number of nitrogens with one attached hydrogen (secondary N) is 1. The molecule has 0 saturated carbocycles. The molecular formula is C19H25N3O3S. The summed E-state index contributed by atoms with van der Waals surface area (Å²) in [5.74, 6) is 0.519. The minimum Gasteiger partial charge on any atom is -0.496 e. The summed E-state index contributed by atoms with van der Waals surface area (Å²) in [7, 11) is 1.60. The quantitative estimate of drug-likeness (QED) is 0.869. The second kappa shape index (κ2) is 8.16. The zero-order valence-corrected chi connectivity index (χ0v) is 16.4. The number of thiazole rings is 1. The lowest BCUT2D eigenvalue weighted by Crippen LogP contribution is -2.44. The Morgan fingerprint density at radius 3 is 2.81 bits per heavy atom. The minimum absolute atomic E-state index is 0.183. The summed E-state index contributed by atoms with van der Waals surface area (Å²) in [5.41, 5.74) is 2.52. The van der Waals surface area contributed by atoms with Gasteiger partial charge >= 0.3 is 0 Å². The van der Waals surface area contributed by atoms with Gasteiger partial charge in [0.25, 0.3) is 5.91 Å². The number of nitrogens with zero attached hydrogens (tertiary/aromatic N) is 2. The average molecular weight is 375 g/mol. The Kier molecular flexibility index (Phi) is 5.90. The van der Waals surface area contributed by atoms with E-state index in [2.05, 4.69) is 29.0 Å². The number of hydrogen-bond donors (Lipinski definition) is 1. The fourth-order valence-corrected chi connectivity index (χ4v) is 3.91. The lowest BCUT2D eigenvalue weighted by Gasteiger charge is -2.34. The number of hydrogen-bond acceptors (Lipinski definition) is 6. The molecule has 0 spiro atoms. The molecule has 1 amide bonds.